The van der Waals surface area contributed by atoms with Crippen LogP contribution in [-0.2, 0) is 0 Å². The first kappa shape index (κ1) is 36.3. The topological polar surface area (TPSA) is 26.0 Å². The third-order valence-corrected chi connectivity index (χ3v) is 0.500. The third-order valence-electron chi connectivity index (χ3n) is 0.500. The van der Waals surface area contributed by atoms with Crippen molar-refractivity contribution < 1.29 is 1.43 Å². The fourth-order valence-corrected chi connectivity index (χ4v) is 0. The molecule has 0 amide bonds. The second-order valence-electron chi connectivity index (χ2n) is 1.71. The van der Waals surface area contributed by atoms with E-state index in [0.717, 1.165) is 0 Å². The molecule has 0 aromatic heterocycles. The highest BCUT2D eigenvalue weighted by Gasteiger charge is 1.56. The highest BCUT2D eigenvalue weighted by Crippen LogP contribution is 1.76. The minimum atomic E-state index is 0. The molecule has 0 aliphatic heterocycles. The van der Waals surface area contributed by atoms with Gasteiger partial charge < -0.3 is 5.73 Å². The Labute approximate surface area is 103 Å². The lowest BCUT2D eigenvalue weighted by Crippen LogP contribution is -1.69. The van der Waals surface area contributed by atoms with Crippen LogP contribution in [0.1, 0.15) is 89.9 Å². The molecule has 0 heterocycles. The van der Waals surface area contributed by atoms with Crippen molar-refractivity contribution in [1.29, 1.82) is 0 Å². The second kappa shape index (κ2) is 268. The van der Waals surface area contributed by atoms with Gasteiger partial charge in [0.2, 0.25) is 0 Å². The van der Waals surface area contributed by atoms with Crippen molar-refractivity contribution in [1.82, 2.24) is 0 Å². The first-order chi connectivity index (χ1) is 7.33. The normalized spacial score (nSPS) is 4.80. The standard InChI is InChI=1S/C4H10.C3H8.3C2H6.CH5N.H2/c1-3-4-2;1-3-2;4*1-2;/h3-4H2,1-2H3;3H2,1-2H3;3*1-2H3;2H2,1H3;1H. The molecule has 0 atom stereocenters. The van der Waals surface area contributed by atoms with Crippen molar-refractivity contribution in [3.8, 4) is 0 Å². The van der Waals surface area contributed by atoms with E-state index in [-0.39, 0.29) is 1.43 Å². The molecule has 15 heavy (non-hydrogen) atoms. The molecular weight excluding hydrogens is 182 g/mol. The van der Waals surface area contributed by atoms with Crippen molar-refractivity contribution in [2.24, 2.45) is 5.73 Å². The average molecular weight is 226 g/mol. The maximum absolute atomic E-state index is 4.50. The third kappa shape index (κ3) is 2170. The summed E-state index contributed by atoms with van der Waals surface area (Å²) < 4.78 is 0. The minimum absolute atomic E-state index is 0. The van der Waals surface area contributed by atoms with Crippen molar-refractivity contribution in [2.45, 2.75) is 88.5 Å². The number of nitrogens with two attached hydrogens (primary N) is 1. The quantitative estimate of drug-likeness (QED) is 0.571. The molecule has 0 aromatic carbocycles. The lowest BCUT2D eigenvalue weighted by Gasteiger charge is -1.68. The first-order valence-corrected chi connectivity index (χ1v) is 6.91. The van der Waals surface area contributed by atoms with E-state index in [1.807, 2.05) is 41.5 Å². The summed E-state index contributed by atoms with van der Waals surface area (Å²) in [5, 5.41) is 0. The predicted molar refractivity (Wildman–Crippen MR) is 82.8 cm³/mol. The molecule has 2 N–H and O–H groups in total. The molecule has 0 rings (SSSR count). The fraction of sp³-hybridized carbons (Fsp3) is 1.00. The molecule has 1 nitrogen and oxygen atoms in total. The van der Waals surface area contributed by atoms with E-state index in [2.05, 4.69) is 33.4 Å². The molecule has 104 valence electrons. The average Bonchev–Trinajstić information content (AvgIpc) is 2.39. The highest BCUT2D eigenvalue weighted by molar-refractivity contribution is 4.12. The molecule has 0 fully saturated rings. The van der Waals surface area contributed by atoms with Gasteiger partial charge in [0.15, 0.2) is 0 Å². The Kier molecular flexibility index (Phi) is 648. The van der Waals surface area contributed by atoms with Crippen molar-refractivity contribution >= 4 is 0 Å². The van der Waals surface area contributed by atoms with Gasteiger partial charge in [0.05, 0.1) is 0 Å². The molecular formula is C14H43N. The summed E-state index contributed by atoms with van der Waals surface area (Å²) in [6, 6.07) is 0. The van der Waals surface area contributed by atoms with Gasteiger partial charge in [-0.1, -0.05) is 88.5 Å². The lowest BCUT2D eigenvalue weighted by atomic mass is 10.4. The zero-order valence-corrected chi connectivity index (χ0v) is 13.7. The van der Waals surface area contributed by atoms with E-state index in [4.69, 9.17) is 0 Å². The molecule has 0 aliphatic carbocycles. The van der Waals surface area contributed by atoms with E-state index in [9.17, 15) is 0 Å². The van der Waals surface area contributed by atoms with Gasteiger partial charge in [-0.3, -0.25) is 0 Å². The zero-order valence-electron chi connectivity index (χ0n) is 13.7. The number of hydrogen-bond acceptors (Lipinski definition) is 1. The van der Waals surface area contributed by atoms with Crippen LogP contribution in [0.15, 0.2) is 0 Å². The Morgan fingerprint density at radius 2 is 0.667 bits per heavy atom. The van der Waals surface area contributed by atoms with Gasteiger partial charge in [-0.25, -0.2) is 0 Å². The maximum Gasteiger partial charge on any atom is 0 e. The molecule has 1 heteroatoms. The first-order valence-electron chi connectivity index (χ1n) is 6.91. The van der Waals surface area contributed by atoms with Gasteiger partial charge in [0.1, 0.15) is 0 Å². The fourth-order valence-electron chi connectivity index (χ4n) is 0. The predicted octanol–water partition coefficient (Wildman–Crippen LogP) is 6.12. The SMILES string of the molecule is CC.CC.CC.CCC.CCCC.CN.[HH]. The van der Waals surface area contributed by atoms with Crippen LogP contribution >= 0.6 is 0 Å². The molecule has 0 aliphatic rings. The monoisotopic (exact) mass is 225 g/mol. The van der Waals surface area contributed by atoms with Crippen LogP contribution in [-0.4, -0.2) is 7.05 Å². The van der Waals surface area contributed by atoms with Gasteiger partial charge in [0, 0.05) is 1.43 Å². The summed E-state index contributed by atoms with van der Waals surface area (Å²) in [7, 11) is 1.50. The number of hydrogen-bond donors (Lipinski definition) is 1. The van der Waals surface area contributed by atoms with Crippen molar-refractivity contribution in [3.05, 3.63) is 0 Å². The van der Waals surface area contributed by atoms with Crippen LogP contribution in [0.5, 0.6) is 0 Å². The largest absolute Gasteiger partial charge is 0.333 e. The molecule has 0 spiro atoms. The van der Waals surface area contributed by atoms with Gasteiger partial charge in [0.25, 0.3) is 0 Å². The van der Waals surface area contributed by atoms with E-state index in [0.29, 0.717) is 0 Å². The Bertz CT molecular complexity index is 18.2. The zero-order chi connectivity index (χ0) is 14.1. The van der Waals surface area contributed by atoms with Crippen LogP contribution in [0.25, 0.3) is 0 Å². The maximum atomic E-state index is 4.50. The Hall–Kier alpha value is -0.0400. The Balaban J connectivity index is -0.0000000124. The number of unbranched alkanes of at least 4 members (excludes halogenated alkanes) is 1. The Morgan fingerprint density at radius 3 is 0.667 bits per heavy atom. The molecule has 0 saturated carbocycles. The van der Waals surface area contributed by atoms with Crippen molar-refractivity contribution in [2.75, 3.05) is 7.05 Å². The summed E-state index contributed by atoms with van der Waals surface area (Å²) in [4.78, 5) is 0. The molecule has 0 aromatic rings. The lowest BCUT2D eigenvalue weighted by molar-refractivity contribution is 0.886. The summed E-state index contributed by atoms with van der Waals surface area (Å²) >= 11 is 0. The summed E-state index contributed by atoms with van der Waals surface area (Å²) in [5.74, 6) is 0. The van der Waals surface area contributed by atoms with E-state index >= 15 is 0 Å². The van der Waals surface area contributed by atoms with Crippen LogP contribution in [0, 0.1) is 0 Å². The van der Waals surface area contributed by atoms with Gasteiger partial charge in [-0.15, -0.1) is 0 Å². The summed E-state index contributed by atoms with van der Waals surface area (Å²) in [6.07, 6.45) is 3.89. The highest BCUT2D eigenvalue weighted by atomic mass is 14.4. The second-order valence-corrected chi connectivity index (χ2v) is 1.71. The smallest absolute Gasteiger partial charge is 0 e. The van der Waals surface area contributed by atoms with E-state index in [1.165, 1.54) is 26.3 Å². The van der Waals surface area contributed by atoms with Crippen LogP contribution in [0.2, 0.25) is 0 Å². The van der Waals surface area contributed by atoms with E-state index in [1.54, 1.807) is 0 Å². The minimum Gasteiger partial charge on any atom is -0.333 e. The summed E-state index contributed by atoms with van der Waals surface area (Å²) in [6.45, 7) is 20.6. The molecule has 0 radical (unpaired) electrons. The molecule has 0 bridgehead atoms. The van der Waals surface area contributed by atoms with Crippen LogP contribution in [0.4, 0.5) is 0 Å². The molecule has 0 unspecified atom stereocenters. The van der Waals surface area contributed by atoms with Crippen LogP contribution in [0.3, 0.4) is 0 Å². The van der Waals surface area contributed by atoms with Gasteiger partial charge in [-0.2, -0.15) is 0 Å². The van der Waals surface area contributed by atoms with Crippen LogP contribution < -0.4 is 5.73 Å². The molecule has 0 saturated heterocycles. The van der Waals surface area contributed by atoms with Gasteiger partial charge >= 0.3 is 0 Å². The van der Waals surface area contributed by atoms with E-state index < -0.39 is 0 Å². The summed E-state index contributed by atoms with van der Waals surface area (Å²) in [5.41, 5.74) is 4.50. The number of rotatable bonds is 1. The Morgan fingerprint density at radius 1 is 0.600 bits per heavy atom. The van der Waals surface area contributed by atoms with Crippen molar-refractivity contribution in [3.63, 3.8) is 0 Å². The van der Waals surface area contributed by atoms with Gasteiger partial charge in [-0.05, 0) is 7.05 Å².